The zero-order valence-electron chi connectivity index (χ0n) is 11.2. The normalized spacial score (nSPS) is 10.9. The minimum atomic E-state index is -0.891. The van der Waals surface area contributed by atoms with Gasteiger partial charge in [0.1, 0.15) is 5.82 Å². The zero-order valence-corrected chi connectivity index (χ0v) is 12.0. The van der Waals surface area contributed by atoms with Crippen molar-refractivity contribution in [3.05, 3.63) is 18.2 Å². The molecular formula is C11H15N5O3S. The van der Waals surface area contributed by atoms with Gasteiger partial charge in [-0.15, -0.1) is 10.2 Å². The van der Waals surface area contributed by atoms with Gasteiger partial charge in [-0.05, 0) is 6.92 Å². The molecule has 0 aromatic carbocycles. The number of aliphatic carboxylic acids is 1. The van der Waals surface area contributed by atoms with Crippen LogP contribution >= 0.6 is 11.8 Å². The van der Waals surface area contributed by atoms with Gasteiger partial charge in [-0.3, -0.25) is 14.0 Å². The Morgan fingerprint density at radius 1 is 1.50 bits per heavy atom. The third-order valence-corrected chi connectivity index (χ3v) is 3.44. The number of nitrogens with zero attached hydrogens (tertiary/aromatic N) is 5. The molecule has 0 radical (unpaired) electrons. The maximum Gasteiger partial charge on any atom is 0.313 e. The molecule has 108 valence electrons. The Bertz CT molecular complexity index is 595. The van der Waals surface area contributed by atoms with Gasteiger partial charge in [0.25, 0.3) is 0 Å². The molecular weight excluding hydrogens is 282 g/mol. The van der Waals surface area contributed by atoms with Gasteiger partial charge in [0, 0.05) is 13.3 Å². The van der Waals surface area contributed by atoms with Crippen LogP contribution in [0, 0.1) is 6.92 Å². The number of hydrogen-bond acceptors (Lipinski definition) is 6. The van der Waals surface area contributed by atoms with Gasteiger partial charge in [-0.1, -0.05) is 11.8 Å². The number of carboxylic acids is 1. The van der Waals surface area contributed by atoms with Crippen LogP contribution in [0.4, 0.5) is 0 Å². The molecule has 0 aliphatic carbocycles. The van der Waals surface area contributed by atoms with Gasteiger partial charge >= 0.3 is 5.97 Å². The second kappa shape index (κ2) is 6.53. The first-order chi connectivity index (χ1) is 9.61. The first-order valence-corrected chi connectivity index (χ1v) is 6.88. The summed E-state index contributed by atoms with van der Waals surface area (Å²) in [6, 6.07) is 0. The predicted octanol–water partition coefficient (Wildman–Crippen LogP) is 0.595. The van der Waals surface area contributed by atoms with E-state index < -0.39 is 5.97 Å². The first kappa shape index (κ1) is 14.5. The molecule has 0 fully saturated rings. The fraction of sp³-hybridized carbons (Fsp3) is 0.455. The van der Waals surface area contributed by atoms with E-state index in [2.05, 4.69) is 15.3 Å². The minimum absolute atomic E-state index is 0.0596. The van der Waals surface area contributed by atoms with E-state index >= 15 is 0 Å². The molecule has 0 spiro atoms. The molecule has 0 amide bonds. The highest BCUT2D eigenvalue weighted by molar-refractivity contribution is 7.99. The van der Waals surface area contributed by atoms with Crippen LogP contribution in [0.5, 0.6) is 0 Å². The van der Waals surface area contributed by atoms with Crippen molar-refractivity contribution in [3.8, 4) is 5.69 Å². The summed E-state index contributed by atoms with van der Waals surface area (Å²) in [5.74, 6) is -0.266. The molecule has 0 bridgehead atoms. The summed E-state index contributed by atoms with van der Waals surface area (Å²) in [6.07, 6.45) is 3.54. The average molecular weight is 297 g/mol. The summed E-state index contributed by atoms with van der Waals surface area (Å²) in [7, 11) is 1.63. The lowest BCUT2D eigenvalue weighted by Gasteiger charge is -2.04. The SMILES string of the molecule is COCCn1cc(-n2c(C)nnc2SCC(=O)O)cn1. The Hall–Kier alpha value is -1.87. The van der Waals surface area contributed by atoms with Crippen LogP contribution in [-0.4, -0.2) is 55.1 Å². The molecule has 2 aromatic heterocycles. The number of rotatable bonds is 7. The monoisotopic (exact) mass is 297 g/mol. The van der Waals surface area contributed by atoms with Gasteiger partial charge in [0.05, 0.1) is 30.8 Å². The molecule has 0 saturated heterocycles. The fourth-order valence-electron chi connectivity index (χ4n) is 1.64. The summed E-state index contributed by atoms with van der Waals surface area (Å²) in [4.78, 5) is 10.6. The number of thioether (sulfide) groups is 1. The number of ether oxygens (including phenoxy) is 1. The van der Waals surface area contributed by atoms with Gasteiger partial charge < -0.3 is 9.84 Å². The van der Waals surface area contributed by atoms with Crippen molar-refractivity contribution in [1.29, 1.82) is 0 Å². The summed E-state index contributed by atoms with van der Waals surface area (Å²) < 4.78 is 8.53. The van der Waals surface area contributed by atoms with Crippen LogP contribution in [0.2, 0.25) is 0 Å². The molecule has 0 saturated carbocycles. The van der Waals surface area contributed by atoms with Crippen molar-refractivity contribution in [2.24, 2.45) is 0 Å². The van der Waals surface area contributed by atoms with E-state index in [9.17, 15) is 4.79 Å². The number of carbonyl (C=O) groups is 1. The van der Waals surface area contributed by atoms with Gasteiger partial charge in [0.15, 0.2) is 5.16 Å². The highest BCUT2D eigenvalue weighted by atomic mass is 32.2. The minimum Gasteiger partial charge on any atom is -0.481 e. The zero-order chi connectivity index (χ0) is 14.5. The quantitative estimate of drug-likeness (QED) is 0.747. The average Bonchev–Trinajstić information content (AvgIpc) is 3.00. The first-order valence-electron chi connectivity index (χ1n) is 5.90. The van der Waals surface area contributed by atoms with E-state index in [-0.39, 0.29) is 5.75 Å². The molecule has 2 rings (SSSR count). The highest BCUT2D eigenvalue weighted by Gasteiger charge is 2.14. The standard InChI is InChI=1S/C11H15N5O3S/c1-8-13-14-11(20-7-10(17)18)16(8)9-5-12-15(6-9)3-4-19-2/h5-6H,3-4,7H2,1-2H3,(H,17,18). The van der Waals surface area contributed by atoms with Gasteiger partial charge in [0.2, 0.25) is 0 Å². The van der Waals surface area contributed by atoms with E-state index in [1.807, 2.05) is 13.1 Å². The Kier molecular flexibility index (Phi) is 4.74. The van der Waals surface area contributed by atoms with E-state index in [0.29, 0.717) is 24.1 Å². The lowest BCUT2D eigenvalue weighted by atomic mass is 10.5. The van der Waals surface area contributed by atoms with Crippen molar-refractivity contribution in [2.75, 3.05) is 19.5 Å². The summed E-state index contributed by atoms with van der Waals surface area (Å²) >= 11 is 1.13. The van der Waals surface area contributed by atoms with Crippen LogP contribution in [0.25, 0.3) is 5.69 Å². The number of aryl methyl sites for hydroxylation is 1. The Balaban J connectivity index is 2.20. The molecule has 0 aliphatic rings. The highest BCUT2D eigenvalue weighted by Crippen LogP contribution is 2.21. The maximum absolute atomic E-state index is 10.6. The van der Waals surface area contributed by atoms with Crippen molar-refractivity contribution in [1.82, 2.24) is 24.5 Å². The van der Waals surface area contributed by atoms with Gasteiger partial charge in [-0.2, -0.15) is 5.10 Å². The Labute approximate surface area is 119 Å². The van der Waals surface area contributed by atoms with Crippen molar-refractivity contribution >= 4 is 17.7 Å². The second-order valence-corrected chi connectivity index (χ2v) is 4.94. The number of hydrogen-bond donors (Lipinski definition) is 1. The molecule has 0 atom stereocenters. The molecule has 20 heavy (non-hydrogen) atoms. The van der Waals surface area contributed by atoms with E-state index in [1.54, 1.807) is 22.6 Å². The lowest BCUT2D eigenvalue weighted by Crippen LogP contribution is -2.05. The topological polar surface area (TPSA) is 95.1 Å². The molecule has 2 heterocycles. The number of carboxylic acid groups (broad SMARTS) is 1. The van der Waals surface area contributed by atoms with Gasteiger partial charge in [-0.25, -0.2) is 0 Å². The summed E-state index contributed by atoms with van der Waals surface area (Å²) in [6.45, 7) is 3.03. The van der Waals surface area contributed by atoms with Crippen LogP contribution in [0.15, 0.2) is 17.6 Å². The molecule has 8 nitrogen and oxygen atoms in total. The number of methoxy groups -OCH3 is 1. The third-order valence-electron chi connectivity index (χ3n) is 2.52. The fourth-order valence-corrected chi connectivity index (χ4v) is 2.35. The largest absolute Gasteiger partial charge is 0.481 e. The predicted molar refractivity (Wildman–Crippen MR) is 72.1 cm³/mol. The van der Waals surface area contributed by atoms with E-state index in [0.717, 1.165) is 17.4 Å². The van der Waals surface area contributed by atoms with Crippen LogP contribution in [0.1, 0.15) is 5.82 Å². The van der Waals surface area contributed by atoms with Crippen LogP contribution in [0.3, 0.4) is 0 Å². The van der Waals surface area contributed by atoms with E-state index in [1.165, 1.54) is 0 Å². The molecule has 2 aromatic rings. The smallest absolute Gasteiger partial charge is 0.313 e. The number of aromatic nitrogens is 5. The molecule has 1 N–H and O–H groups in total. The van der Waals surface area contributed by atoms with Crippen LogP contribution < -0.4 is 0 Å². The lowest BCUT2D eigenvalue weighted by molar-refractivity contribution is -0.133. The van der Waals surface area contributed by atoms with Crippen molar-refractivity contribution in [3.63, 3.8) is 0 Å². The molecule has 0 unspecified atom stereocenters. The van der Waals surface area contributed by atoms with Crippen molar-refractivity contribution in [2.45, 2.75) is 18.6 Å². The molecule has 0 aliphatic heterocycles. The third kappa shape index (κ3) is 3.36. The van der Waals surface area contributed by atoms with Crippen LogP contribution in [-0.2, 0) is 16.1 Å². The Morgan fingerprint density at radius 2 is 2.30 bits per heavy atom. The molecule has 9 heteroatoms. The summed E-state index contributed by atoms with van der Waals surface area (Å²) in [5, 5.41) is 21.5. The van der Waals surface area contributed by atoms with E-state index in [4.69, 9.17) is 9.84 Å². The summed E-state index contributed by atoms with van der Waals surface area (Å²) in [5.41, 5.74) is 0.802. The maximum atomic E-state index is 10.6. The Morgan fingerprint density at radius 3 is 3.00 bits per heavy atom. The van der Waals surface area contributed by atoms with Crippen molar-refractivity contribution < 1.29 is 14.6 Å². The second-order valence-electron chi connectivity index (χ2n) is 4.00.